The highest BCUT2D eigenvalue weighted by atomic mass is 16.6. The average molecular weight is 406 g/mol. The number of hydrazine groups is 1. The van der Waals surface area contributed by atoms with E-state index in [9.17, 15) is 14.9 Å². The minimum absolute atomic E-state index is 0.0938. The first-order chi connectivity index (χ1) is 14.6. The van der Waals surface area contributed by atoms with Crippen molar-refractivity contribution in [3.05, 3.63) is 88.2 Å². The molecule has 0 aliphatic heterocycles. The highest BCUT2D eigenvalue weighted by molar-refractivity contribution is 5.88. The zero-order valence-corrected chi connectivity index (χ0v) is 16.4. The summed E-state index contributed by atoms with van der Waals surface area (Å²) in [6.45, 7) is 2.46. The smallest absolute Gasteiger partial charge is 0.354 e. The van der Waals surface area contributed by atoms with E-state index in [0.717, 1.165) is 17.5 Å². The first-order valence-corrected chi connectivity index (χ1v) is 9.50. The van der Waals surface area contributed by atoms with Gasteiger partial charge in [0, 0.05) is 6.54 Å². The van der Waals surface area contributed by atoms with E-state index in [1.165, 1.54) is 6.33 Å². The molecule has 0 radical (unpaired) electrons. The summed E-state index contributed by atoms with van der Waals surface area (Å²) in [5.41, 5.74) is 6.42. The van der Waals surface area contributed by atoms with Gasteiger partial charge in [0.2, 0.25) is 17.5 Å². The molecule has 0 aliphatic carbocycles. The van der Waals surface area contributed by atoms with Gasteiger partial charge in [-0.1, -0.05) is 67.6 Å². The van der Waals surface area contributed by atoms with Crippen molar-refractivity contribution in [2.75, 3.05) is 17.3 Å². The molecular weight excluding hydrogens is 384 g/mol. The zero-order chi connectivity index (χ0) is 21.3. The summed E-state index contributed by atoms with van der Waals surface area (Å²) in [4.78, 5) is 31.9. The van der Waals surface area contributed by atoms with Gasteiger partial charge >= 0.3 is 5.69 Å². The van der Waals surface area contributed by atoms with Crippen molar-refractivity contribution >= 4 is 23.2 Å². The van der Waals surface area contributed by atoms with Crippen LogP contribution in [-0.2, 0) is 4.79 Å². The van der Waals surface area contributed by atoms with Gasteiger partial charge < -0.3 is 5.32 Å². The van der Waals surface area contributed by atoms with Gasteiger partial charge in [0.15, 0.2) is 0 Å². The molecule has 0 unspecified atom stereocenters. The van der Waals surface area contributed by atoms with Crippen LogP contribution in [0.3, 0.4) is 0 Å². The number of hydrogen-bond donors (Lipinski definition) is 3. The second-order valence-corrected chi connectivity index (χ2v) is 6.47. The van der Waals surface area contributed by atoms with Gasteiger partial charge in [0.1, 0.15) is 6.33 Å². The zero-order valence-electron chi connectivity index (χ0n) is 16.4. The molecule has 154 valence electrons. The molecule has 0 aliphatic rings. The predicted molar refractivity (Wildman–Crippen MR) is 114 cm³/mol. The van der Waals surface area contributed by atoms with E-state index in [2.05, 4.69) is 26.1 Å². The maximum atomic E-state index is 13.1. The maximum absolute atomic E-state index is 13.1. The van der Waals surface area contributed by atoms with Crippen LogP contribution in [0.4, 0.5) is 17.3 Å². The summed E-state index contributed by atoms with van der Waals surface area (Å²) in [5.74, 6) is -0.972. The summed E-state index contributed by atoms with van der Waals surface area (Å²) < 4.78 is 0. The Morgan fingerprint density at radius 2 is 1.57 bits per heavy atom. The molecule has 1 amide bonds. The van der Waals surface area contributed by atoms with Gasteiger partial charge in [-0.25, -0.2) is 9.97 Å². The molecule has 0 saturated heterocycles. The molecule has 0 spiro atoms. The standard InChI is InChI=1S/C21H22N6O3/c1-2-13-22-19-18(27(29)30)20(24-14-23-19)25-26-21(28)17(15-9-5-3-6-10-15)16-11-7-4-8-12-16/h3-12,14,17H,2,13H2,1H3,(H,26,28)(H2,22,23,24,25). The summed E-state index contributed by atoms with van der Waals surface area (Å²) >= 11 is 0. The van der Waals surface area contributed by atoms with E-state index in [0.29, 0.717) is 6.54 Å². The highest BCUT2D eigenvalue weighted by Crippen LogP contribution is 2.29. The molecule has 1 heterocycles. The van der Waals surface area contributed by atoms with Crippen LogP contribution in [0.15, 0.2) is 67.0 Å². The highest BCUT2D eigenvalue weighted by Gasteiger charge is 2.26. The summed E-state index contributed by atoms with van der Waals surface area (Å²) in [6, 6.07) is 18.6. The van der Waals surface area contributed by atoms with E-state index in [1.54, 1.807) is 0 Å². The lowest BCUT2D eigenvalue weighted by molar-refractivity contribution is -0.383. The van der Waals surface area contributed by atoms with Crippen LogP contribution in [0.1, 0.15) is 30.4 Å². The van der Waals surface area contributed by atoms with Crippen molar-refractivity contribution in [1.29, 1.82) is 0 Å². The largest absolute Gasteiger partial charge is 0.364 e. The fourth-order valence-electron chi connectivity index (χ4n) is 3.00. The molecule has 0 atom stereocenters. The van der Waals surface area contributed by atoms with Crippen LogP contribution in [0.2, 0.25) is 0 Å². The molecule has 0 bridgehead atoms. The Labute approximate surface area is 173 Å². The topological polar surface area (TPSA) is 122 Å². The number of anilines is 2. The van der Waals surface area contributed by atoms with E-state index in [4.69, 9.17) is 0 Å². The summed E-state index contributed by atoms with van der Waals surface area (Å²) in [5, 5.41) is 14.5. The normalized spacial score (nSPS) is 10.5. The second-order valence-electron chi connectivity index (χ2n) is 6.47. The number of nitrogens with one attached hydrogen (secondary N) is 3. The van der Waals surface area contributed by atoms with Gasteiger partial charge in [0.25, 0.3) is 0 Å². The van der Waals surface area contributed by atoms with Crippen molar-refractivity contribution in [2.45, 2.75) is 19.3 Å². The van der Waals surface area contributed by atoms with Gasteiger partial charge in [-0.2, -0.15) is 0 Å². The number of amides is 1. The number of hydrogen-bond acceptors (Lipinski definition) is 7. The Balaban J connectivity index is 1.85. The Morgan fingerprint density at radius 1 is 1.00 bits per heavy atom. The van der Waals surface area contributed by atoms with E-state index < -0.39 is 10.8 Å². The third-order valence-electron chi connectivity index (χ3n) is 4.38. The van der Waals surface area contributed by atoms with E-state index in [1.807, 2.05) is 67.6 Å². The van der Waals surface area contributed by atoms with E-state index >= 15 is 0 Å². The Kier molecular flexibility index (Phi) is 6.88. The Bertz CT molecular complexity index is 959. The molecule has 2 aromatic carbocycles. The first-order valence-electron chi connectivity index (χ1n) is 9.50. The molecule has 3 rings (SSSR count). The van der Waals surface area contributed by atoms with Crippen LogP contribution in [-0.4, -0.2) is 27.3 Å². The predicted octanol–water partition coefficient (Wildman–Crippen LogP) is 3.48. The average Bonchev–Trinajstić information content (AvgIpc) is 2.77. The summed E-state index contributed by atoms with van der Waals surface area (Å²) in [7, 11) is 0. The lowest BCUT2D eigenvalue weighted by Crippen LogP contribution is -2.35. The second kappa shape index (κ2) is 9.97. The summed E-state index contributed by atoms with van der Waals surface area (Å²) in [6.07, 6.45) is 1.97. The van der Waals surface area contributed by atoms with Gasteiger partial charge in [-0.05, 0) is 17.5 Å². The Morgan fingerprint density at radius 3 is 2.10 bits per heavy atom. The van der Waals surface area contributed by atoms with Crippen molar-refractivity contribution in [3.8, 4) is 0 Å². The number of nitro groups is 1. The SMILES string of the molecule is CCCNc1ncnc(NNC(=O)C(c2ccccc2)c2ccccc2)c1[N+](=O)[O-]. The number of rotatable bonds is 9. The van der Waals surface area contributed by atoms with Crippen LogP contribution in [0.5, 0.6) is 0 Å². The Hall–Kier alpha value is -4.01. The van der Waals surface area contributed by atoms with Crippen molar-refractivity contribution in [2.24, 2.45) is 0 Å². The van der Waals surface area contributed by atoms with Crippen LogP contribution in [0, 0.1) is 10.1 Å². The van der Waals surface area contributed by atoms with Crippen molar-refractivity contribution in [3.63, 3.8) is 0 Å². The maximum Gasteiger partial charge on any atom is 0.354 e. The number of nitrogens with zero attached hydrogens (tertiary/aromatic N) is 3. The minimum atomic E-state index is -0.599. The molecule has 3 aromatic rings. The molecule has 30 heavy (non-hydrogen) atoms. The van der Waals surface area contributed by atoms with E-state index in [-0.39, 0.29) is 23.2 Å². The number of aromatic nitrogens is 2. The third-order valence-corrected chi connectivity index (χ3v) is 4.38. The lowest BCUT2D eigenvalue weighted by Gasteiger charge is -2.18. The number of carbonyl (C=O) groups excluding carboxylic acids is 1. The first kappa shape index (κ1) is 20.7. The molecule has 3 N–H and O–H groups in total. The van der Waals surface area contributed by atoms with Crippen LogP contribution < -0.4 is 16.2 Å². The van der Waals surface area contributed by atoms with Crippen LogP contribution >= 0.6 is 0 Å². The quantitative estimate of drug-likeness (QED) is 0.367. The molecule has 0 saturated carbocycles. The lowest BCUT2D eigenvalue weighted by atomic mass is 9.91. The molecule has 1 aromatic heterocycles. The van der Waals surface area contributed by atoms with Gasteiger partial charge in [-0.15, -0.1) is 0 Å². The van der Waals surface area contributed by atoms with Gasteiger partial charge in [0.05, 0.1) is 10.8 Å². The molecule has 9 nitrogen and oxygen atoms in total. The fourth-order valence-corrected chi connectivity index (χ4v) is 3.00. The number of carbonyl (C=O) groups is 1. The van der Waals surface area contributed by atoms with Gasteiger partial charge in [-0.3, -0.25) is 25.8 Å². The fraction of sp³-hybridized carbons (Fsp3) is 0.190. The molecule has 9 heteroatoms. The van der Waals surface area contributed by atoms with Crippen LogP contribution in [0.25, 0.3) is 0 Å². The molecular formula is C21H22N6O3. The minimum Gasteiger partial charge on any atom is -0.364 e. The van der Waals surface area contributed by atoms with Crippen molar-refractivity contribution < 1.29 is 9.72 Å². The molecule has 0 fully saturated rings. The third kappa shape index (κ3) is 4.88. The monoisotopic (exact) mass is 406 g/mol. The number of benzene rings is 2. The van der Waals surface area contributed by atoms with Crippen molar-refractivity contribution in [1.82, 2.24) is 15.4 Å².